The first-order valence-electron chi connectivity index (χ1n) is 12.2. The molecule has 5 rings (SSSR count). The van der Waals surface area contributed by atoms with Crippen LogP contribution in [0.1, 0.15) is 59.5 Å². The first-order chi connectivity index (χ1) is 17.2. The fourth-order valence-corrected chi connectivity index (χ4v) is 6.09. The summed E-state index contributed by atoms with van der Waals surface area (Å²) < 4.78 is 62.4. The van der Waals surface area contributed by atoms with Gasteiger partial charge in [-0.15, -0.1) is 0 Å². The van der Waals surface area contributed by atoms with E-state index in [4.69, 9.17) is 16.3 Å². The zero-order valence-corrected chi connectivity index (χ0v) is 21.3. The quantitative estimate of drug-likeness (QED) is 0.543. The number of halogens is 3. The molecule has 1 atom stereocenters. The van der Waals surface area contributed by atoms with E-state index in [2.05, 4.69) is 4.90 Å². The lowest BCUT2D eigenvalue weighted by Crippen LogP contribution is -2.49. The van der Waals surface area contributed by atoms with E-state index in [0.717, 1.165) is 54.1 Å². The first-order valence-corrected chi connectivity index (χ1v) is 14.0. The minimum Gasteiger partial charge on any atom is -0.489 e. The lowest BCUT2D eigenvalue weighted by molar-refractivity contribution is 0.0832. The zero-order chi connectivity index (χ0) is 25.4. The molecule has 36 heavy (non-hydrogen) atoms. The molecule has 0 radical (unpaired) electrons. The fourth-order valence-electron chi connectivity index (χ4n) is 4.65. The van der Waals surface area contributed by atoms with Gasteiger partial charge in [0.05, 0.1) is 5.56 Å². The van der Waals surface area contributed by atoms with Gasteiger partial charge in [0.25, 0.3) is 5.91 Å². The van der Waals surface area contributed by atoms with Crippen molar-refractivity contribution in [2.24, 2.45) is 0 Å². The number of carbonyl (C=O) groups is 1. The van der Waals surface area contributed by atoms with Crippen LogP contribution < -0.4 is 9.46 Å². The lowest BCUT2D eigenvalue weighted by Gasteiger charge is -2.33. The monoisotopic (exact) mass is 539 g/mol. The number of likely N-dealkylation sites (tertiary alicyclic amines) is 1. The molecule has 1 saturated carbocycles. The molecule has 2 aliphatic heterocycles. The molecule has 3 aliphatic rings. The summed E-state index contributed by atoms with van der Waals surface area (Å²) in [5.74, 6) is -1.64. The fraction of sp³-hybridized carbons (Fsp3) is 0.480. The summed E-state index contributed by atoms with van der Waals surface area (Å²) >= 11 is 6.19. The highest BCUT2D eigenvalue weighted by Gasteiger charge is 2.33. The Morgan fingerprint density at radius 3 is 2.53 bits per heavy atom. The summed E-state index contributed by atoms with van der Waals surface area (Å²) in [6.45, 7) is 2.67. The molecular formula is C25H28ClF2N3O4S. The lowest BCUT2D eigenvalue weighted by atomic mass is 10.0. The number of ether oxygens (including phenoxy) is 1. The van der Waals surface area contributed by atoms with E-state index in [1.807, 2.05) is 4.72 Å². The Bertz CT molecular complexity index is 1270. The third-order valence-corrected chi connectivity index (χ3v) is 8.74. The molecule has 1 unspecified atom stereocenters. The van der Waals surface area contributed by atoms with Crippen LogP contribution in [0.3, 0.4) is 0 Å². The van der Waals surface area contributed by atoms with Gasteiger partial charge in [0.2, 0.25) is 0 Å². The van der Waals surface area contributed by atoms with Gasteiger partial charge in [0.1, 0.15) is 23.5 Å². The molecule has 3 fully saturated rings. The second kappa shape index (κ2) is 10.2. The Hall–Kier alpha value is -2.27. The summed E-state index contributed by atoms with van der Waals surface area (Å²) in [6, 6.07) is 6.99. The molecule has 0 bridgehead atoms. The Morgan fingerprint density at radius 2 is 1.86 bits per heavy atom. The van der Waals surface area contributed by atoms with Gasteiger partial charge in [-0.2, -0.15) is 12.7 Å². The molecular weight excluding hydrogens is 512 g/mol. The summed E-state index contributed by atoms with van der Waals surface area (Å²) in [4.78, 5) is 14.8. The molecule has 2 heterocycles. The van der Waals surface area contributed by atoms with Crippen LogP contribution in [0.2, 0.25) is 5.02 Å². The van der Waals surface area contributed by atoms with Crippen LogP contribution in [-0.2, 0) is 16.8 Å². The Labute approximate surface area is 214 Å². The molecule has 0 aromatic heterocycles. The van der Waals surface area contributed by atoms with Crippen molar-refractivity contribution in [2.75, 3.05) is 26.2 Å². The van der Waals surface area contributed by atoms with E-state index in [9.17, 15) is 17.6 Å². The molecule has 194 valence electrons. The molecule has 1 N–H and O–H groups in total. The number of hydrogen-bond acceptors (Lipinski definition) is 5. The highest BCUT2D eigenvalue weighted by atomic mass is 35.5. The molecule has 11 heteroatoms. The number of piperidine rings is 1. The van der Waals surface area contributed by atoms with Crippen LogP contribution >= 0.6 is 11.6 Å². The van der Waals surface area contributed by atoms with Gasteiger partial charge in [0.15, 0.2) is 0 Å². The van der Waals surface area contributed by atoms with E-state index in [1.165, 1.54) is 24.3 Å². The zero-order valence-electron chi connectivity index (χ0n) is 19.7. The molecule has 2 aromatic carbocycles. The third kappa shape index (κ3) is 5.66. The van der Waals surface area contributed by atoms with Crippen LogP contribution in [-0.4, -0.2) is 55.8 Å². The van der Waals surface area contributed by atoms with Crippen molar-refractivity contribution in [3.63, 3.8) is 0 Å². The second-order valence-electron chi connectivity index (χ2n) is 9.69. The Balaban J connectivity index is 1.30. The maximum atomic E-state index is 15.0. The average molecular weight is 540 g/mol. The predicted molar refractivity (Wildman–Crippen MR) is 131 cm³/mol. The minimum absolute atomic E-state index is 0.150. The number of amides is 1. The smallest absolute Gasteiger partial charge is 0.304 e. The van der Waals surface area contributed by atoms with E-state index < -0.39 is 21.9 Å². The average Bonchev–Trinajstić information content (AvgIpc) is 3.59. The highest BCUT2D eigenvalue weighted by molar-refractivity contribution is 7.87. The van der Waals surface area contributed by atoms with Crippen LogP contribution in [0.4, 0.5) is 8.78 Å². The van der Waals surface area contributed by atoms with Crippen LogP contribution in [0.25, 0.3) is 0 Å². The number of hydrogen-bond donors (Lipinski definition) is 1. The number of rotatable bonds is 8. The van der Waals surface area contributed by atoms with Gasteiger partial charge in [-0.25, -0.2) is 13.5 Å². The van der Waals surface area contributed by atoms with Gasteiger partial charge in [0, 0.05) is 37.3 Å². The molecule has 1 aliphatic carbocycles. The van der Waals surface area contributed by atoms with Gasteiger partial charge in [-0.05, 0) is 73.9 Å². The van der Waals surface area contributed by atoms with Crippen molar-refractivity contribution in [2.45, 2.75) is 50.7 Å². The largest absolute Gasteiger partial charge is 0.489 e. The van der Waals surface area contributed by atoms with Crippen molar-refractivity contribution < 1.29 is 26.7 Å². The highest BCUT2D eigenvalue weighted by Crippen LogP contribution is 2.45. The maximum absolute atomic E-state index is 15.0. The van der Waals surface area contributed by atoms with Gasteiger partial charge in [-0.1, -0.05) is 17.7 Å². The Morgan fingerprint density at radius 1 is 1.08 bits per heavy atom. The van der Waals surface area contributed by atoms with Crippen LogP contribution in [0.15, 0.2) is 30.3 Å². The normalized spacial score (nSPS) is 21.1. The predicted octanol–water partition coefficient (Wildman–Crippen LogP) is 4.22. The standard InChI is InChI=1S/C25H28ClF2N3O4S/c26-22-11-18(27)7-6-17(22)14-30-8-1-3-19(15-30)35-24-13-23(28)21(12-20(24)16-4-5-16)25(32)29-36(33,34)31-9-2-10-31/h6-7,11-13,16,19H,1-5,8-10,14-15H2,(H,29,32). The summed E-state index contributed by atoms with van der Waals surface area (Å²) in [5.41, 5.74) is 1.25. The third-order valence-electron chi connectivity index (χ3n) is 6.90. The van der Waals surface area contributed by atoms with Crippen molar-refractivity contribution in [3.8, 4) is 5.75 Å². The van der Waals surface area contributed by atoms with E-state index in [0.29, 0.717) is 37.0 Å². The number of nitrogens with one attached hydrogen (secondary N) is 1. The molecule has 7 nitrogen and oxygen atoms in total. The topological polar surface area (TPSA) is 79.0 Å². The first kappa shape index (κ1) is 25.4. The van der Waals surface area contributed by atoms with Crippen molar-refractivity contribution >= 4 is 27.7 Å². The number of carbonyl (C=O) groups excluding carboxylic acids is 1. The maximum Gasteiger partial charge on any atom is 0.304 e. The van der Waals surface area contributed by atoms with Crippen LogP contribution in [0.5, 0.6) is 5.75 Å². The van der Waals surface area contributed by atoms with Crippen molar-refractivity contribution in [3.05, 3.63) is 63.7 Å². The molecule has 2 saturated heterocycles. The minimum atomic E-state index is -3.98. The summed E-state index contributed by atoms with van der Waals surface area (Å²) in [7, 11) is -3.98. The molecule has 1 amide bonds. The van der Waals surface area contributed by atoms with Gasteiger partial charge >= 0.3 is 10.2 Å². The van der Waals surface area contributed by atoms with E-state index >= 15 is 4.39 Å². The summed E-state index contributed by atoms with van der Waals surface area (Å²) in [5, 5.41) is 0.376. The number of nitrogens with zero attached hydrogens (tertiary/aromatic N) is 2. The van der Waals surface area contributed by atoms with Crippen LogP contribution in [0, 0.1) is 11.6 Å². The molecule has 0 spiro atoms. The second-order valence-corrected chi connectivity index (χ2v) is 11.8. The Kier molecular flexibility index (Phi) is 7.22. The van der Waals surface area contributed by atoms with Gasteiger partial charge < -0.3 is 4.74 Å². The summed E-state index contributed by atoms with van der Waals surface area (Å²) in [6.07, 6.45) is 4.00. The van der Waals surface area contributed by atoms with Crippen molar-refractivity contribution in [1.29, 1.82) is 0 Å². The van der Waals surface area contributed by atoms with E-state index in [1.54, 1.807) is 6.07 Å². The van der Waals surface area contributed by atoms with Gasteiger partial charge in [-0.3, -0.25) is 9.69 Å². The SMILES string of the molecule is O=C(NS(=O)(=O)N1CCC1)c1cc(C2CC2)c(OC2CCCN(Cc3ccc(F)cc3Cl)C2)cc1F. The number of benzene rings is 2. The molecule has 2 aromatic rings. The van der Waals surface area contributed by atoms with E-state index in [-0.39, 0.29) is 23.4 Å². The van der Waals surface area contributed by atoms with Crippen molar-refractivity contribution in [1.82, 2.24) is 13.9 Å².